The second-order valence-electron chi connectivity index (χ2n) is 6.78. The predicted molar refractivity (Wildman–Crippen MR) is 111 cm³/mol. The van der Waals surface area contributed by atoms with E-state index in [9.17, 15) is 4.79 Å². The SMILES string of the molecule is COc1ccc(C(C)NC(=O)NCc2ccnc(N3CCOCC3)c2)c(OC)c1. The second-order valence-corrected chi connectivity index (χ2v) is 6.78. The molecule has 3 rings (SSSR count). The molecule has 1 aromatic carbocycles. The smallest absolute Gasteiger partial charge is 0.315 e. The predicted octanol–water partition coefficient (Wildman–Crippen LogP) is 2.50. The van der Waals surface area contributed by atoms with Gasteiger partial charge in [-0.2, -0.15) is 0 Å². The van der Waals surface area contributed by atoms with Gasteiger partial charge in [-0.15, -0.1) is 0 Å². The molecule has 8 nitrogen and oxygen atoms in total. The minimum atomic E-state index is -0.250. The van der Waals surface area contributed by atoms with Crippen LogP contribution < -0.4 is 25.0 Å². The molecule has 2 aromatic rings. The molecule has 1 aliphatic heterocycles. The third kappa shape index (κ3) is 5.51. The maximum Gasteiger partial charge on any atom is 0.315 e. The van der Waals surface area contributed by atoms with Crippen LogP contribution in [0.3, 0.4) is 0 Å². The van der Waals surface area contributed by atoms with Gasteiger partial charge in [0.1, 0.15) is 17.3 Å². The first-order valence-corrected chi connectivity index (χ1v) is 9.64. The Hall–Kier alpha value is -3.00. The van der Waals surface area contributed by atoms with E-state index in [-0.39, 0.29) is 12.1 Å². The van der Waals surface area contributed by atoms with E-state index in [1.54, 1.807) is 26.5 Å². The topological polar surface area (TPSA) is 85.0 Å². The molecule has 1 unspecified atom stereocenters. The molecule has 1 aliphatic rings. The number of ether oxygens (including phenoxy) is 3. The molecule has 156 valence electrons. The van der Waals surface area contributed by atoms with Crippen LogP contribution in [0.25, 0.3) is 0 Å². The van der Waals surface area contributed by atoms with Gasteiger partial charge in [-0.1, -0.05) is 0 Å². The Morgan fingerprint density at radius 2 is 2.00 bits per heavy atom. The molecule has 1 fully saturated rings. The Labute approximate surface area is 171 Å². The Balaban J connectivity index is 1.56. The first-order valence-electron chi connectivity index (χ1n) is 9.64. The van der Waals surface area contributed by atoms with Crippen LogP contribution in [-0.4, -0.2) is 51.5 Å². The summed E-state index contributed by atoms with van der Waals surface area (Å²) in [6, 6.07) is 8.97. The Morgan fingerprint density at radius 3 is 2.72 bits per heavy atom. The maximum atomic E-state index is 12.4. The van der Waals surface area contributed by atoms with Crippen molar-refractivity contribution in [3.8, 4) is 11.5 Å². The number of morpholine rings is 1. The van der Waals surface area contributed by atoms with Gasteiger partial charge < -0.3 is 29.7 Å². The van der Waals surface area contributed by atoms with Crippen LogP contribution in [-0.2, 0) is 11.3 Å². The zero-order chi connectivity index (χ0) is 20.6. The van der Waals surface area contributed by atoms with E-state index >= 15 is 0 Å². The van der Waals surface area contributed by atoms with E-state index in [0.29, 0.717) is 31.3 Å². The lowest BCUT2D eigenvalue weighted by Crippen LogP contribution is -2.37. The second kappa shape index (κ2) is 9.97. The fourth-order valence-electron chi connectivity index (χ4n) is 3.22. The third-order valence-corrected chi connectivity index (χ3v) is 4.85. The molecule has 2 N–H and O–H groups in total. The lowest BCUT2D eigenvalue weighted by molar-refractivity contribution is 0.122. The van der Waals surface area contributed by atoms with Crippen molar-refractivity contribution in [3.05, 3.63) is 47.7 Å². The molecule has 8 heteroatoms. The Kier molecular flexibility index (Phi) is 7.13. The van der Waals surface area contributed by atoms with E-state index < -0.39 is 0 Å². The van der Waals surface area contributed by atoms with Crippen molar-refractivity contribution in [2.45, 2.75) is 19.5 Å². The maximum absolute atomic E-state index is 12.4. The lowest BCUT2D eigenvalue weighted by atomic mass is 10.1. The monoisotopic (exact) mass is 400 g/mol. The van der Waals surface area contributed by atoms with E-state index in [1.165, 1.54) is 0 Å². The van der Waals surface area contributed by atoms with Crippen LogP contribution in [0.15, 0.2) is 36.5 Å². The number of hydrogen-bond donors (Lipinski definition) is 2. The Bertz CT molecular complexity index is 824. The molecule has 0 bridgehead atoms. The number of aromatic nitrogens is 1. The minimum absolute atomic E-state index is 0.225. The molecule has 2 amide bonds. The van der Waals surface area contributed by atoms with Crippen LogP contribution >= 0.6 is 0 Å². The summed E-state index contributed by atoms with van der Waals surface area (Å²) in [5.74, 6) is 2.28. The summed E-state index contributed by atoms with van der Waals surface area (Å²) in [6.45, 7) is 5.39. The summed E-state index contributed by atoms with van der Waals surface area (Å²) in [5, 5.41) is 5.85. The number of anilines is 1. The average molecular weight is 400 g/mol. The van der Waals surface area contributed by atoms with Crippen molar-refractivity contribution in [3.63, 3.8) is 0 Å². The fraction of sp³-hybridized carbons (Fsp3) is 0.429. The number of hydrogen-bond acceptors (Lipinski definition) is 6. The highest BCUT2D eigenvalue weighted by molar-refractivity contribution is 5.74. The van der Waals surface area contributed by atoms with E-state index in [0.717, 1.165) is 30.0 Å². The number of amides is 2. The van der Waals surface area contributed by atoms with E-state index in [4.69, 9.17) is 14.2 Å². The van der Waals surface area contributed by atoms with Crippen LogP contribution in [0.5, 0.6) is 11.5 Å². The molecular formula is C21H28N4O4. The third-order valence-electron chi connectivity index (χ3n) is 4.85. The van der Waals surface area contributed by atoms with Gasteiger partial charge >= 0.3 is 6.03 Å². The number of methoxy groups -OCH3 is 2. The van der Waals surface area contributed by atoms with E-state index in [2.05, 4.69) is 20.5 Å². The average Bonchev–Trinajstić information content (AvgIpc) is 2.78. The molecule has 1 atom stereocenters. The number of urea groups is 1. The first-order chi connectivity index (χ1) is 14.1. The zero-order valence-corrected chi connectivity index (χ0v) is 17.1. The number of pyridine rings is 1. The van der Waals surface area contributed by atoms with Crippen LogP contribution in [0.1, 0.15) is 24.1 Å². The molecule has 1 aromatic heterocycles. The van der Waals surface area contributed by atoms with Crippen LogP contribution in [0, 0.1) is 0 Å². The van der Waals surface area contributed by atoms with Gasteiger partial charge in [0.25, 0.3) is 0 Å². The van der Waals surface area contributed by atoms with Gasteiger partial charge in [-0.05, 0) is 36.8 Å². The number of carbonyl (C=O) groups is 1. The van der Waals surface area contributed by atoms with Gasteiger partial charge in [0.2, 0.25) is 0 Å². The molecule has 0 radical (unpaired) electrons. The number of nitrogens with one attached hydrogen (secondary N) is 2. The van der Waals surface area contributed by atoms with Crippen molar-refractivity contribution < 1.29 is 19.0 Å². The molecular weight excluding hydrogens is 372 g/mol. The molecule has 29 heavy (non-hydrogen) atoms. The van der Waals surface area contributed by atoms with Crippen LogP contribution in [0.4, 0.5) is 10.6 Å². The number of carbonyl (C=O) groups excluding carboxylic acids is 1. The summed E-state index contributed by atoms with van der Waals surface area (Å²) in [4.78, 5) is 19.0. The lowest BCUT2D eigenvalue weighted by Gasteiger charge is -2.28. The van der Waals surface area contributed by atoms with Gasteiger partial charge in [-0.25, -0.2) is 9.78 Å². The van der Waals surface area contributed by atoms with E-state index in [1.807, 2.05) is 31.2 Å². The van der Waals surface area contributed by atoms with Gasteiger partial charge in [0, 0.05) is 37.5 Å². The summed E-state index contributed by atoms with van der Waals surface area (Å²) in [7, 11) is 3.20. The van der Waals surface area contributed by atoms with Crippen molar-refractivity contribution in [1.82, 2.24) is 15.6 Å². The number of nitrogens with zero attached hydrogens (tertiary/aromatic N) is 2. The highest BCUT2D eigenvalue weighted by atomic mass is 16.5. The van der Waals surface area contributed by atoms with Gasteiger partial charge in [-0.3, -0.25) is 0 Å². The van der Waals surface area contributed by atoms with Crippen molar-refractivity contribution >= 4 is 11.8 Å². The number of benzene rings is 1. The summed E-state index contributed by atoms with van der Waals surface area (Å²) in [5.41, 5.74) is 1.87. The quantitative estimate of drug-likeness (QED) is 0.743. The summed E-state index contributed by atoms with van der Waals surface area (Å²) < 4.78 is 16.0. The minimum Gasteiger partial charge on any atom is -0.497 e. The fourth-order valence-corrected chi connectivity index (χ4v) is 3.22. The molecule has 0 saturated carbocycles. The Morgan fingerprint density at radius 1 is 1.21 bits per heavy atom. The summed E-state index contributed by atoms with van der Waals surface area (Å²) >= 11 is 0. The normalized spacial score (nSPS) is 14.8. The van der Waals surface area contributed by atoms with Crippen molar-refractivity contribution in [2.24, 2.45) is 0 Å². The molecule has 0 spiro atoms. The highest BCUT2D eigenvalue weighted by Gasteiger charge is 2.16. The van der Waals surface area contributed by atoms with Gasteiger partial charge in [0.05, 0.1) is 33.5 Å². The van der Waals surface area contributed by atoms with Crippen LogP contribution in [0.2, 0.25) is 0 Å². The van der Waals surface area contributed by atoms with Crippen molar-refractivity contribution in [1.29, 1.82) is 0 Å². The standard InChI is InChI=1S/C21H28N4O4/c1-15(18-5-4-17(27-2)13-19(18)28-3)24-21(26)23-14-16-6-7-22-20(12-16)25-8-10-29-11-9-25/h4-7,12-13,15H,8-11,14H2,1-3H3,(H2,23,24,26). The summed E-state index contributed by atoms with van der Waals surface area (Å²) in [6.07, 6.45) is 1.77. The van der Waals surface area contributed by atoms with Gasteiger partial charge in [0.15, 0.2) is 0 Å². The number of rotatable bonds is 7. The molecule has 1 saturated heterocycles. The molecule has 2 heterocycles. The first kappa shape index (κ1) is 20.7. The zero-order valence-electron chi connectivity index (χ0n) is 17.1. The highest BCUT2D eigenvalue weighted by Crippen LogP contribution is 2.29. The van der Waals surface area contributed by atoms with Crippen molar-refractivity contribution in [2.75, 3.05) is 45.4 Å². The molecule has 0 aliphatic carbocycles. The largest absolute Gasteiger partial charge is 0.497 e.